The second kappa shape index (κ2) is 9.04. The summed E-state index contributed by atoms with van der Waals surface area (Å²) >= 11 is 0. The normalized spacial score (nSPS) is 11.9. The fourth-order valence-electron chi connectivity index (χ4n) is 3.55. The van der Waals surface area contributed by atoms with Crippen LogP contribution < -0.4 is 10.6 Å². The van der Waals surface area contributed by atoms with Crippen LogP contribution in [0.3, 0.4) is 0 Å². The summed E-state index contributed by atoms with van der Waals surface area (Å²) in [6.07, 6.45) is 0.0822. The molecule has 0 spiro atoms. The smallest absolute Gasteiger partial charge is 0.303 e. The van der Waals surface area contributed by atoms with Crippen molar-refractivity contribution in [3.63, 3.8) is 0 Å². The summed E-state index contributed by atoms with van der Waals surface area (Å²) in [5.41, 5.74) is 1.37. The molecule has 8 heteroatoms. The molecule has 0 aliphatic carbocycles. The first-order valence-corrected chi connectivity index (χ1v) is 10.1. The lowest BCUT2D eigenvalue weighted by atomic mass is 9.94. The molecule has 0 saturated heterocycles. The second-order valence-electron chi connectivity index (χ2n) is 7.46. The highest BCUT2D eigenvalue weighted by Gasteiger charge is 2.29. The molecule has 0 radical (unpaired) electrons. The van der Waals surface area contributed by atoms with Crippen LogP contribution in [0.15, 0.2) is 78.1 Å². The molecule has 0 amide bonds. The zero-order valence-corrected chi connectivity index (χ0v) is 17.2. The Balaban J connectivity index is 1.78. The van der Waals surface area contributed by atoms with Gasteiger partial charge in [-0.1, -0.05) is 30.3 Å². The van der Waals surface area contributed by atoms with Gasteiger partial charge in [-0.25, -0.2) is 8.78 Å². The van der Waals surface area contributed by atoms with Crippen LogP contribution in [0.5, 0.6) is 0 Å². The van der Waals surface area contributed by atoms with Crippen LogP contribution in [-0.4, -0.2) is 22.6 Å². The van der Waals surface area contributed by atoms with Crippen molar-refractivity contribution < 1.29 is 28.3 Å². The van der Waals surface area contributed by atoms with Gasteiger partial charge in [0.2, 0.25) is 11.6 Å². The van der Waals surface area contributed by atoms with Crippen LogP contribution >= 0.6 is 0 Å². The number of aryl methyl sites for hydroxylation is 1. The highest BCUT2D eigenvalue weighted by Crippen LogP contribution is 2.33. The van der Waals surface area contributed by atoms with E-state index in [-0.39, 0.29) is 35.4 Å². The number of ketones is 2. The molecule has 166 valence electrons. The molecule has 4 rings (SSSR count). The van der Waals surface area contributed by atoms with E-state index in [1.165, 1.54) is 12.1 Å². The number of carbonyl (C=O) groups excluding carboxylic acids is 2. The highest BCUT2D eigenvalue weighted by atomic mass is 19.1. The largest absolute Gasteiger partial charge is 0.481 e. The number of aliphatic carboxylic acids is 1. The summed E-state index contributed by atoms with van der Waals surface area (Å²) in [6.45, 7) is 0. The van der Waals surface area contributed by atoms with E-state index in [4.69, 9.17) is 5.11 Å². The van der Waals surface area contributed by atoms with Crippen molar-refractivity contribution in [2.75, 3.05) is 10.6 Å². The van der Waals surface area contributed by atoms with Gasteiger partial charge in [0.05, 0.1) is 11.4 Å². The predicted octanol–water partition coefficient (Wildman–Crippen LogP) is 4.80. The third kappa shape index (κ3) is 4.79. The van der Waals surface area contributed by atoms with Crippen molar-refractivity contribution in [2.45, 2.75) is 12.8 Å². The second-order valence-corrected chi connectivity index (χ2v) is 7.46. The number of fused-ring (bicyclic) bond motifs is 1. The average molecular weight is 448 g/mol. The van der Waals surface area contributed by atoms with E-state index >= 15 is 0 Å². The van der Waals surface area contributed by atoms with Crippen LogP contribution in [-0.2, 0) is 11.2 Å². The standard InChI is InChI=1S/C25H18F2N2O4/c26-17-11-16(12-18(27)13-17)24(33)22(25-28-19-6-1-2-7-20(19)29-25)23(32)15-5-3-4-14(10-15)8-9-21(30)31/h1-7,10-13,28-29H,8-9H2,(H,30,31). The Morgan fingerprint density at radius 1 is 0.758 bits per heavy atom. The first kappa shape index (κ1) is 21.9. The van der Waals surface area contributed by atoms with Gasteiger partial charge in [0.25, 0.3) is 0 Å². The van der Waals surface area contributed by atoms with E-state index < -0.39 is 29.2 Å². The summed E-state index contributed by atoms with van der Waals surface area (Å²) in [5.74, 6) is -4.31. The summed E-state index contributed by atoms with van der Waals surface area (Å²) in [4.78, 5) is 37.7. The Bertz CT molecular complexity index is 1270. The maximum Gasteiger partial charge on any atom is 0.303 e. The number of allylic oxidation sites excluding steroid dienone is 1. The van der Waals surface area contributed by atoms with E-state index in [1.54, 1.807) is 36.4 Å². The molecule has 6 nitrogen and oxygen atoms in total. The minimum absolute atomic E-state index is 0.0896. The molecule has 3 N–H and O–H groups in total. The first-order valence-electron chi connectivity index (χ1n) is 10.1. The number of rotatable bonds is 7. The van der Waals surface area contributed by atoms with Gasteiger partial charge in [0.1, 0.15) is 23.0 Å². The number of hydrogen-bond acceptors (Lipinski definition) is 5. The monoisotopic (exact) mass is 448 g/mol. The number of benzene rings is 3. The number of carboxylic acid groups (broad SMARTS) is 1. The lowest BCUT2D eigenvalue weighted by molar-refractivity contribution is -0.136. The number of para-hydroxylation sites is 2. The molecule has 0 bridgehead atoms. The number of anilines is 2. The molecule has 0 atom stereocenters. The van der Waals surface area contributed by atoms with Gasteiger partial charge in [-0.05, 0) is 42.3 Å². The molecule has 3 aromatic rings. The SMILES string of the molecule is O=C(O)CCc1cccc(C(=O)C(C(=O)c2cc(F)cc(F)c2)=C2Nc3ccccc3N2)c1. The summed E-state index contributed by atoms with van der Waals surface area (Å²) in [7, 11) is 0. The topological polar surface area (TPSA) is 95.5 Å². The number of nitrogens with one attached hydrogen (secondary N) is 2. The number of carbonyl (C=O) groups is 3. The molecule has 0 fully saturated rings. The van der Waals surface area contributed by atoms with Gasteiger partial charge in [0, 0.05) is 23.6 Å². The number of Topliss-reactive ketones (excluding diaryl/α,β-unsaturated/α-hetero) is 2. The van der Waals surface area contributed by atoms with Crippen molar-refractivity contribution in [1.82, 2.24) is 0 Å². The van der Waals surface area contributed by atoms with E-state index in [1.807, 2.05) is 0 Å². The van der Waals surface area contributed by atoms with Crippen LogP contribution in [0.4, 0.5) is 20.2 Å². The zero-order valence-electron chi connectivity index (χ0n) is 17.2. The van der Waals surface area contributed by atoms with Gasteiger partial charge in [-0.2, -0.15) is 0 Å². The van der Waals surface area contributed by atoms with Crippen LogP contribution in [0.1, 0.15) is 32.7 Å². The maximum atomic E-state index is 13.8. The fraction of sp³-hybridized carbons (Fsp3) is 0.0800. The quantitative estimate of drug-likeness (QED) is 0.208. The van der Waals surface area contributed by atoms with E-state index in [0.717, 1.165) is 12.1 Å². The molecule has 0 aromatic heterocycles. The van der Waals surface area contributed by atoms with Crippen molar-refractivity contribution in [1.29, 1.82) is 0 Å². The summed E-state index contributed by atoms with van der Waals surface area (Å²) in [5, 5.41) is 14.9. The van der Waals surface area contributed by atoms with Gasteiger partial charge in [-0.15, -0.1) is 0 Å². The third-order valence-corrected chi connectivity index (χ3v) is 5.09. The third-order valence-electron chi connectivity index (χ3n) is 5.09. The molecular weight excluding hydrogens is 430 g/mol. The van der Waals surface area contributed by atoms with E-state index in [0.29, 0.717) is 23.0 Å². The van der Waals surface area contributed by atoms with E-state index in [2.05, 4.69) is 10.6 Å². The lowest BCUT2D eigenvalue weighted by Gasteiger charge is -2.12. The Morgan fingerprint density at radius 2 is 1.36 bits per heavy atom. The molecule has 0 unspecified atom stereocenters. The lowest BCUT2D eigenvalue weighted by Crippen LogP contribution is -2.21. The summed E-state index contributed by atoms with van der Waals surface area (Å²) < 4.78 is 27.6. The zero-order chi connectivity index (χ0) is 23.5. The van der Waals surface area contributed by atoms with Crippen LogP contribution in [0, 0.1) is 11.6 Å². The molecule has 3 aromatic carbocycles. The van der Waals surface area contributed by atoms with Gasteiger partial charge < -0.3 is 15.7 Å². The van der Waals surface area contributed by atoms with Crippen molar-refractivity contribution in [3.8, 4) is 0 Å². The molecule has 1 heterocycles. The molecule has 1 aliphatic rings. The number of carboxylic acids is 1. The maximum absolute atomic E-state index is 13.8. The Labute approximate surface area is 187 Å². The predicted molar refractivity (Wildman–Crippen MR) is 118 cm³/mol. The van der Waals surface area contributed by atoms with Crippen molar-refractivity contribution in [3.05, 3.63) is 106 Å². The Morgan fingerprint density at radius 3 is 1.97 bits per heavy atom. The van der Waals surface area contributed by atoms with E-state index in [9.17, 15) is 23.2 Å². The van der Waals surface area contributed by atoms with Crippen LogP contribution in [0.25, 0.3) is 0 Å². The van der Waals surface area contributed by atoms with Gasteiger partial charge in [-0.3, -0.25) is 14.4 Å². The number of hydrogen-bond donors (Lipinski definition) is 3. The Kier molecular flexibility index (Phi) is 5.99. The Hall–Kier alpha value is -4.33. The van der Waals surface area contributed by atoms with Crippen molar-refractivity contribution in [2.24, 2.45) is 0 Å². The fourth-order valence-corrected chi connectivity index (χ4v) is 3.55. The average Bonchev–Trinajstić information content (AvgIpc) is 3.21. The van der Waals surface area contributed by atoms with Gasteiger partial charge in [0.15, 0.2) is 0 Å². The van der Waals surface area contributed by atoms with Crippen LogP contribution in [0.2, 0.25) is 0 Å². The minimum Gasteiger partial charge on any atom is -0.481 e. The number of halogens is 2. The molecular formula is C25H18F2N2O4. The molecule has 1 aliphatic heterocycles. The first-order chi connectivity index (χ1) is 15.8. The summed E-state index contributed by atoms with van der Waals surface area (Å²) in [6, 6.07) is 15.7. The minimum atomic E-state index is -0.977. The van der Waals surface area contributed by atoms with Gasteiger partial charge >= 0.3 is 5.97 Å². The molecule has 33 heavy (non-hydrogen) atoms. The highest BCUT2D eigenvalue weighted by molar-refractivity contribution is 6.32. The molecule has 0 saturated carbocycles. The van der Waals surface area contributed by atoms with Crippen molar-refractivity contribution >= 4 is 28.9 Å².